The molecule has 2 N–H and O–H groups in total. The van der Waals surface area contributed by atoms with Crippen molar-refractivity contribution in [2.75, 3.05) is 13.2 Å². The van der Waals surface area contributed by atoms with E-state index in [1.165, 1.54) is 122 Å². The molecule has 0 aliphatic rings. The van der Waals surface area contributed by atoms with Crippen LogP contribution in [0.1, 0.15) is 165 Å². The lowest BCUT2D eigenvalue weighted by Gasteiger charge is -2.16. The fourth-order valence-corrected chi connectivity index (χ4v) is 6.40. The van der Waals surface area contributed by atoms with Crippen LogP contribution in [0.4, 0.5) is 0 Å². The summed E-state index contributed by atoms with van der Waals surface area (Å²) in [6, 6.07) is 8.94. The predicted octanol–water partition coefficient (Wildman–Crippen LogP) is 11.2. The Balaban J connectivity index is 1.71. The Hall–Kier alpha value is -1.92. The zero-order chi connectivity index (χ0) is 31.0. The fraction of sp³-hybridized carbons (Fsp3) is 0.703. The van der Waals surface area contributed by atoms with Gasteiger partial charge >= 0.3 is 0 Å². The molecule has 2 aromatic rings. The minimum absolute atomic E-state index is 0.239. The van der Waals surface area contributed by atoms with Gasteiger partial charge in [0.1, 0.15) is 5.75 Å². The highest BCUT2D eigenvalue weighted by Gasteiger charge is 2.20. The molecule has 0 spiro atoms. The van der Waals surface area contributed by atoms with Crippen molar-refractivity contribution in [3.05, 3.63) is 35.9 Å². The predicted molar refractivity (Wildman–Crippen MR) is 184 cm³/mol. The highest BCUT2D eigenvalue weighted by Crippen LogP contribution is 2.34. The number of ether oxygens (including phenoxy) is 1. The first kappa shape index (κ1) is 37.3. The minimum Gasteiger partial charge on any atom is -0.492 e. The lowest BCUT2D eigenvalue weighted by molar-refractivity contribution is 0.0949. The number of unbranched alkanes of at least 4 members (excludes halogenated alkanes) is 20. The molecule has 1 atom stereocenters. The van der Waals surface area contributed by atoms with Crippen molar-refractivity contribution < 1.29 is 18.3 Å². The second-order valence-corrected chi connectivity index (χ2v) is 13.2. The number of hydrogen-bond donors (Lipinski definition) is 2. The smallest absolute Gasteiger partial charge is 0.255 e. The normalized spacial score (nSPS) is 12.1. The Kier molecular flexibility index (Phi) is 21.2. The van der Waals surface area contributed by atoms with Gasteiger partial charge in [-0.05, 0) is 18.9 Å². The van der Waals surface area contributed by atoms with Gasteiger partial charge in [0.2, 0.25) is 0 Å². The first-order valence-corrected chi connectivity index (χ1v) is 18.8. The van der Waals surface area contributed by atoms with E-state index < -0.39 is 11.1 Å². The van der Waals surface area contributed by atoms with Crippen molar-refractivity contribution in [1.29, 1.82) is 0 Å². The zero-order valence-corrected chi connectivity index (χ0v) is 28.3. The second kappa shape index (κ2) is 24.4. The molecule has 6 heteroatoms. The third-order valence-corrected chi connectivity index (χ3v) is 9.16. The van der Waals surface area contributed by atoms with Crippen LogP contribution in [0.25, 0.3) is 10.8 Å². The lowest BCUT2D eigenvalue weighted by Crippen LogP contribution is -2.25. The quantitative estimate of drug-likeness (QED) is 0.0774. The Morgan fingerprint density at radius 3 is 1.60 bits per heavy atom. The minimum atomic E-state index is -2.20. The standard InChI is InChI=1S/C37H61NO4S/c1-3-5-7-9-11-12-13-14-15-16-17-18-19-20-21-25-29-38-37(39)34-31-35(43(40)41)32-27-23-24-28-33(32)36(34)42-30-26-22-10-8-6-4-2/h23-24,27-28,31H,3-22,25-26,29-30H2,1-2H3,(H,38,39)(H,40,41). The Morgan fingerprint density at radius 2 is 1.12 bits per heavy atom. The molecule has 1 amide bonds. The van der Waals surface area contributed by atoms with E-state index in [4.69, 9.17) is 4.74 Å². The van der Waals surface area contributed by atoms with Gasteiger partial charge < -0.3 is 14.6 Å². The van der Waals surface area contributed by atoms with Crippen molar-refractivity contribution in [1.82, 2.24) is 5.32 Å². The maximum Gasteiger partial charge on any atom is 0.255 e. The van der Waals surface area contributed by atoms with Crippen LogP contribution in [0.15, 0.2) is 35.2 Å². The van der Waals surface area contributed by atoms with Crippen LogP contribution in [0.5, 0.6) is 5.75 Å². The van der Waals surface area contributed by atoms with Gasteiger partial charge in [0.25, 0.3) is 5.91 Å². The molecule has 0 saturated heterocycles. The molecular weight excluding hydrogens is 554 g/mol. The fourth-order valence-electron chi connectivity index (χ4n) is 5.81. The molecule has 5 nitrogen and oxygen atoms in total. The van der Waals surface area contributed by atoms with Crippen LogP contribution in [-0.4, -0.2) is 27.8 Å². The molecule has 244 valence electrons. The third kappa shape index (κ3) is 15.6. The summed E-state index contributed by atoms with van der Waals surface area (Å²) in [5.41, 5.74) is 0.346. The van der Waals surface area contributed by atoms with Gasteiger partial charge in [0, 0.05) is 17.3 Å². The Bertz CT molecular complexity index is 1040. The van der Waals surface area contributed by atoms with Gasteiger partial charge in [0.05, 0.1) is 17.1 Å². The maximum absolute atomic E-state index is 13.3. The molecule has 0 radical (unpaired) electrons. The van der Waals surface area contributed by atoms with Crippen molar-refractivity contribution >= 4 is 27.8 Å². The van der Waals surface area contributed by atoms with Crippen molar-refractivity contribution in [2.45, 2.75) is 160 Å². The molecule has 0 bridgehead atoms. The molecule has 0 aromatic heterocycles. The number of amides is 1. The number of carbonyl (C=O) groups excluding carboxylic acids is 1. The van der Waals surface area contributed by atoms with Crippen LogP contribution in [0.3, 0.4) is 0 Å². The summed E-state index contributed by atoms with van der Waals surface area (Å²) in [6.45, 7) is 5.61. The number of nitrogens with one attached hydrogen (secondary N) is 1. The van der Waals surface area contributed by atoms with Gasteiger partial charge in [0.15, 0.2) is 11.1 Å². The SMILES string of the molecule is CCCCCCCCCCCCCCCCCCNC(=O)c1cc(S(=O)O)c2ccccc2c1OCCCCCCCC. The monoisotopic (exact) mass is 615 g/mol. The van der Waals surface area contributed by atoms with E-state index in [9.17, 15) is 13.6 Å². The maximum atomic E-state index is 13.3. The van der Waals surface area contributed by atoms with Gasteiger partial charge in [-0.15, -0.1) is 0 Å². The summed E-state index contributed by atoms with van der Waals surface area (Å²) < 4.78 is 28.3. The van der Waals surface area contributed by atoms with E-state index in [2.05, 4.69) is 19.2 Å². The van der Waals surface area contributed by atoms with Crippen molar-refractivity contribution in [3.8, 4) is 5.75 Å². The number of fused-ring (bicyclic) bond motifs is 1. The largest absolute Gasteiger partial charge is 0.492 e. The highest BCUT2D eigenvalue weighted by molar-refractivity contribution is 7.79. The lowest BCUT2D eigenvalue weighted by atomic mass is 10.0. The molecule has 2 rings (SSSR count). The molecule has 0 saturated carbocycles. The van der Waals surface area contributed by atoms with E-state index in [-0.39, 0.29) is 10.8 Å². The van der Waals surface area contributed by atoms with Gasteiger partial charge in [-0.2, -0.15) is 0 Å². The van der Waals surface area contributed by atoms with E-state index in [0.717, 1.165) is 25.7 Å². The molecule has 1 unspecified atom stereocenters. The van der Waals surface area contributed by atoms with Crippen LogP contribution in [0, 0.1) is 0 Å². The number of rotatable bonds is 27. The van der Waals surface area contributed by atoms with E-state index in [1.807, 2.05) is 24.3 Å². The van der Waals surface area contributed by atoms with Crippen molar-refractivity contribution in [3.63, 3.8) is 0 Å². The van der Waals surface area contributed by atoms with E-state index in [1.54, 1.807) is 0 Å². The number of carbonyl (C=O) groups is 1. The topological polar surface area (TPSA) is 75.6 Å². The summed E-state index contributed by atoms with van der Waals surface area (Å²) in [7, 11) is 0. The Morgan fingerprint density at radius 1 is 0.674 bits per heavy atom. The van der Waals surface area contributed by atoms with E-state index >= 15 is 0 Å². The summed E-state index contributed by atoms with van der Waals surface area (Å²) in [6.07, 6.45) is 28.0. The molecule has 43 heavy (non-hydrogen) atoms. The summed E-state index contributed by atoms with van der Waals surface area (Å²) in [5, 5.41) is 4.40. The molecule has 2 aromatic carbocycles. The van der Waals surface area contributed by atoms with Crippen molar-refractivity contribution in [2.24, 2.45) is 0 Å². The third-order valence-electron chi connectivity index (χ3n) is 8.45. The van der Waals surface area contributed by atoms with Gasteiger partial charge in [-0.3, -0.25) is 4.79 Å². The molecule has 0 aliphatic carbocycles. The first-order valence-electron chi connectivity index (χ1n) is 17.7. The molecule has 0 fully saturated rings. The molecular formula is C37H61NO4S. The summed E-state index contributed by atoms with van der Waals surface area (Å²) in [4.78, 5) is 13.5. The second-order valence-electron chi connectivity index (χ2n) is 12.2. The van der Waals surface area contributed by atoms with E-state index in [0.29, 0.717) is 35.2 Å². The first-order chi connectivity index (χ1) is 21.1. The van der Waals surface area contributed by atoms with Crippen LogP contribution in [-0.2, 0) is 11.1 Å². The highest BCUT2D eigenvalue weighted by atomic mass is 32.2. The van der Waals surface area contributed by atoms with Gasteiger partial charge in [-0.25, -0.2) is 4.21 Å². The van der Waals surface area contributed by atoms with Gasteiger partial charge in [-0.1, -0.05) is 167 Å². The number of benzene rings is 2. The van der Waals surface area contributed by atoms with Crippen LogP contribution < -0.4 is 10.1 Å². The number of hydrogen-bond acceptors (Lipinski definition) is 3. The molecule has 0 heterocycles. The summed E-state index contributed by atoms with van der Waals surface area (Å²) in [5.74, 6) is 0.277. The van der Waals surface area contributed by atoms with Crippen LogP contribution >= 0.6 is 0 Å². The average Bonchev–Trinajstić information content (AvgIpc) is 3.01. The molecule has 0 aliphatic heterocycles. The average molecular weight is 616 g/mol. The zero-order valence-electron chi connectivity index (χ0n) is 27.4. The van der Waals surface area contributed by atoms with Crippen LogP contribution in [0.2, 0.25) is 0 Å². The summed E-state index contributed by atoms with van der Waals surface area (Å²) >= 11 is -2.20. The Labute approximate surface area is 265 Å².